The molecule has 2 atom stereocenters. The van der Waals surface area contributed by atoms with Crippen LogP contribution in [0, 0.1) is 5.92 Å². The summed E-state index contributed by atoms with van der Waals surface area (Å²) in [6.07, 6.45) is -0.733. The number of hydrogen-bond acceptors (Lipinski definition) is 3. The van der Waals surface area contributed by atoms with Gasteiger partial charge >= 0.3 is 6.09 Å². The highest BCUT2D eigenvalue weighted by Crippen LogP contribution is 2.21. The van der Waals surface area contributed by atoms with Crippen LogP contribution in [0.25, 0.3) is 0 Å². The fourth-order valence-corrected chi connectivity index (χ4v) is 2.35. The molecule has 1 aliphatic rings. The second-order valence-corrected chi connectivity index (χ2v) is 5.75. The van der Waals surface area contributed by atoms with E-state index in [9.17, 15) is 9.90 Å². The summed E-state index contributed by atoms with van der Waals surface area (Å²) in [5.74, 6) is 0.179. The molecule has 5 heteroatoms. The summed E-state index contributed by atoms with van der Waals surface area (Å²) in [6.45, 7) is 6.51. The highest BCUT2D eigenvalue weighted by molar-refractivity contribution is 14.1. The molecule has 4 nitrogen and oxygen atoms in total. The number of β-amino-alcohol motifs (C(OH)–C–C–N with tert-alkyl or cyclic N) is 1. The molecule has 0 aromatic carbocycles. The smallest absolute Gasteiger partial charge is 0.410 e. The molecule has 1 fully saturated rings. The third-order valence-corrected chi connectivity index (χ3v) is 3.39. The lowest BCUT2D eigenvalue weighted by Crippen LogP contribution is -2.35. The molecule has 0 aromatic rings. The Labute approximate surface area is 104 Å². The second kappa shape index (κ2) is 4.86. The average molecular weight is 327 g/mol. The minimum absolute atomic E-state index is 0.179. The Morgan fingerprint density at radius 3 is 2.53 bits per heavy atom. The van der Waals surface area contributed by atoms with Crippen LogP contribution in [-0.4, -0.2) is 45.3 Å². The van der Waals surface area contributed by atoms with Crippen molar-refractivity contribution >= 4 is 28.7 Å². The largest absolute Gasteiger partial charge is 0.444 e. The number of halogens is 1. The molecule has 0 aliphatic carbocycles. The summed E-state index contributed by atoms with van der Waals surface area (Å²) in [4.78, 5) is 13.2. The molecule has 1 N–H and O–H groups in total. The van der Waals surface area contributed by atoms with Gasteiger partial charge < -0.3 is 14.7 Å². The molecule has 0 bridgehead atoms. The van der Waals surface area contributed by atoms with Crippen LogP contribution in [0.3, 0.4) is 0 Å². The minimum atomic E-state index is -0.468. The normalized spacial score (nSPS) is 26.9. The molecule has 15 heavy (non-hydrogen) atoms. The van der Waals surface area contributed by atoms with E-state index in [4.69, 9.17) is 4.74 Å². The first-order valence-corrected chi connectivity index (χ1v) is 6.58. The Balaban J connectivity index is 2.50. The summed E-state index contributed by atoms with van der Waals surface area (Å²) in [7, 11) is 0. The van der Waals surface area contributed by atoms with E-state index in [2.05, 4.69) is 22.6 Å². The number of carbonyl (C=O) groups is 1. The number of carbonyl (C=O) groups excluding carboxylic acids is 1. The van der Waals surface area contributed by atoms with Gasteiger partial charge in [0.1, 0.15) is 5.60 Å². The predicted octanol–water partition coefficient (Wildman–Crippen LogP) is 1.65. The number of alkyl halides is 1. The van der Waals surface area contributed by atoms with Crippen LogP contribution in [0.2, 0.25) is 0 Å². The maximum Gasteiger partial charge on any atom is 0.410 e. The van der Waals surface area contributed by atoms with Crippen molar-refractivity contribution in [2.75, 3.05) is 17.5 Å². The van der Waals surface area contributed by atoms with Gasteiger partial charge in [0, 0.05) is 16.9 Å². The van der Waals surface area contributed by atoms with E-state index >= 15 is 0 Å². The number of nitrogens with zero attached hydrogens (tertiary/aromatic N) is 1. The van der Waals surface area contributed by atoms with Crippen LogP contribution >= 0.6 is 22.6 Å². The molecule has 1 aliphatic heterocycles. The Bertz CT molecular complexity index is 239. The number of aliphatic hydroxyl groups excluding tert-OH is 1. The third kappa shape index (κ3) is 3.79. The molecule has 1 rings (SSSR count). The first-order valence-electron chi connectivity index (χ1n) is 5.05. The van der Waals surface area contributed by atoms with Gasteiger partial charge in [-0.05, 0) is 20.8 Å². The fourth-order valence-electron chi connectivity index (χ4n) is 1.48. The van der Waals surface area contributed by atoms with Gasteiger partial charge in [0.15, 0.2) is 0 Å². The van der Waals surface area contributed by atoms with Crippen molar-refractivity contribution in [1.82, 2.24) is 4.90 Å². The van der Waals surface area contributed by atoms with Crippen molar-refractivity contribution < 1.29 is 14.6 Å². The minimum Gasteiger partial charge on any atom is -0.444 e. The van der Waals surface area contributed by atoms with Crippen LogP contribution in [-0.2, 0) is 4.74 Å². The first-order chi connectivity index (χ1) is 6.83. The SMILES string of the molecule is CC(C)(C)OC(=O)N1CC(O)C(CI)C1. The zero-order valence-electron chi connectivity index (χ0n) is 9.36. The standard InChI is InChI=1S/C10H18INO3/c1-10(2,3)15-9(14)12-5-7(4-11)8(13)6-12/h7-8,13H,4-6H2,1-3H3. The van der Waals surface area contributed by atoms with E-state index in [0.29, 0.717) is 13.1 Å². The maximum absolute atomic E-state index is 11.7. The van der Waals surface area contributed by atoms with Gasteiger partial charge in [0.25, 0.3) is 0 Å². The third-order valence-electron chi connectivity index (χ3n) is 2.26. The van der Waals surface area contributed by atoms with Gasteiger partial charge in [0.05, 0.1) is 12.6 Å². The lowest BCUT2D eigenvalue weighted by molar-refractivity contribution is 0.0270. The van der Waals surface area contributed by atoms with E-state index in [1.807, 2.05) is 20.8 Å². The van der Waals surface area contributed by atoms with Crippen LogP contribution in [0.5, 0.6) is 0 Å². The van der Waals surface area contributed by atoms with Crippen molar-refractivity contribution in [3.05, 3.63) is 0 Å². The van der Waals surface area contributed by atoms with Crippen LogP contribution in [0.15, 0.2) is 0 Å². The van der Waals surface area contributed by atoms with Crippen molar-refractivity contribution in [3.8, 4) is 0 Å². The Morgan fingerprint density at radius 2 is 2.13 bits per heavy atom. The molecule has 88 valence electrons. The molecular formula is C10H18INO3. The van der Waals surface area contributed by atoms with Gasteiger partial charge in [-0.1, -0.05) is 22.6 Å². The number of likely N-dealkylation sites (tertiary alicyclic amines) is 1. The van der Waals surface area contributed by atoms with Crippen LogP contribution in [0.1, 0.15) is 20.8 Å². The van der Waals surface area contributed by atoms with E-state index in [-0.39, 0.29) is 12.0 Å². The number of ether oxygens (including phenoxy) is 1. The van der Waals surface area contributed by atoms with Gasteiger partial charge in [-0.25, -0.2) is 4.79 Å². The maximum atomic E-state index is 11.7. The summed E-state index contributed by atoms with van der Waals surface area (Å²) < 4.78 is 6.10. The average Bonchev–Trinajstić information content (AvgIpc) is 2.43. The topological polar surface area (TPSA) is 49.8 Å². The molecule has 2 unspecified atom stereocenters. The second-order valence-electron chi connectivity index (χ2n) is 4.87. The molecule has 1 amide bonds. The highest BCUT2D eigenvalue weighted by atomic mass is 127. The Morgan fingerprint density at radius 1 is 1.53 bits per heavy atom. The Kier molecular flexibility index (Phi) is 4.22. The monoisotopic (exact) mass is 327 g/mol. The van der Waals surface area contributed by atoms with E-state index in [1.54, 1.807) is 4.90 Å². The van der Waals surface area contributed by atoms with Crippen molar-refractivity contribution in [2.24, 2.45) is 5.92 Å². The fraction of sp³-hybridized carbons (Fsp3) is 0.900. The van der Waals surface area contributed by atoms with E-state index in [0.717, 1.165) is 4.43 Å². The lowest BCUT2D eigenvalue weighted by Gasteiger charge is -2.24. The van der Waals surface area contributed by atoms with Crippen molar-refractivity contribution in [1.29, 1.82) is 0 Å². The van der Waals surface area contributed by atoms with Gasteiger partial charge in [-0.3, -0.25) is 0 Å². The van der Waals surface area contributed by atoms with Crippen LogP contribution < -0.4 is 0 Å². The number of hydrogen-bond donors (Lipinski definition) is 1. The Hall–Kier alpha value is -0.0400. The highest BCUT2D eigenvalue weighted by Gasteiger charge is 2.35. The number of rotatable bonds is 1. The van der Waals surface area contributed by atoms with E-state index < -0.39 is 11.7 Å². The molecule has 1 saturated heterocycles. The van der Waals surface area contributed by atoms with E-state index in [1.165, 1.54) is 0 Å². The molecule has 0 radical (unpaired) electrons. The van der Waals surface area contributed by atoms with Crippen molar-refractivity contribution in [2.45, 2.75) is 32.5 Å². The summed E-state index contributed by atoms with van der Waals surface area (Å²) in [5, 5.41) is 9.65. The lowest BCUT2D eigenvalue weighted by atomic mass is 10.1. The summed E-state index contributed by atoms with van der Waals surface area (Å²) >= 11 is 2.23. The summed E-state index contributed by atoms with van der Waals surface area (Å²) in [6, 6.07) is 0. The van der Waals surface area contributed by atoms with Gasteiger partial charge in [-0.2, -0.15) is 0 Å². The number of amides is 1. The zero-order valence-corrected chi connectivity index (χ0v) is 11.5. The molecule has 0 saturated carbocycles. The molecule has 1 heterocycles. The quantitative estimate of drug-likeness (QED) is 0.589. The molecule has 0 spiro atoms. The predicted molar refractivity (Wildman–Crippen MR) is 66.2 cm³/mol. The van der Waals surface area contributed by atoms with Crippen LogP contribution in [0.4, 0.5) is 4.79 Å². The van der Waals surface area contributed by atoms with Gasteiger partial charge in [-0.15, -0.1) is 0 Å². The van der Waals surface area contributed by atoms with Gasteiger partial charge in [0.2, 0.25) is 0 Å². The molecule has 0 aromatic heterocycles. The van der Waals surface area contributed by atoms with Crippen molar-refractivity contribution in [3.63, 3.8) is 0 Å². The molecular weight excluding hydrogens is 309 g/mol. The first kappa shape index (κ1) is 13.0. The summed E-state index contributed by atoms with van der Waals surface area (Å²) in [5.41, 5.74) is -0.468. The zero-order chi connectivity index (χ0) is 11.6. The number of aliphatic hydroxyl groups is 1.